The molecule has 1 fully saturated rings. The predicted octanol–water partition coefficient (Wildman–Crippen LogP) is 5.00. The predicted molar refractivity (Wildman–Crippen MR) is 178 cm³/mol. The molecule has 45 heavy (non-hydrogen) atoms. The van der Waals surface area contributed by atoms with Crippen molar-refractivity contribution in [3.05, 3.63) is 113 Å². The molecular weight excluding hydrogens is 584 g/mol. The first-order valence-corrected chi connectivity index (χ1v) is 18.4. The van der Waals surface area contributed by atoms with Crippen LogP contribution in [-0.2, 0) is 21.7 Å². The third-order valence-corrected chi connectivity index (χ3v) is 14.2. The summed E-state index contributed by atoms with van der Waals surface area (Å²) in [6.07, 6.45) is 1.78. The van der Waals surface area contributed by atoms with Gasteiger partial charge in [0.15, 0.2) is 11.4 Å². The monoisotopic (exact) mass is 624 g/mol. The summed E-state index contributed by atoms with van der Waals surface area (Å²) in [5.74, 6) is 0.686. The van der Waals surface area contributed by atoms with Crippen molar-refractivity contribution in [2.75, 3.05) is 25.7 Å². The van der Waals surface area contributed by atoms with E-state index in [1.54, 1.807) is 25.4 Å². The third kappa shape index (κ3) is 4.99. The molecule has 1 aromatic heterocycles. The Morgan fingerprint density at radius 3 is 2.33 bits per heavy atom. The molecule has 0 aliphatic carbocycles. The molecule has 0 bridgehead atoms. The minimum absolute atomic E-state index is 0.00900. The van der Waals surface area contributed by atoms with Crippen molar-refractivity contribution in [2.24, 2.45) is 5.92 Å². The van der Waals surface area contributed by atoms with Crippen LogP contribution in [0.15, 0.2) is 95.9 Å². The van der Waals surface area contributed by atoms with Crippen molar-refractivity contribution >= 4 is 24.9 Å². The van der Waals surface area contributed by atoms with E-state index in [0.29, 0.717) is 18.7 Å². The van der Waals surface area contributed by atoms with Crippen LogP contribution in [0.4, 0.5) is 5.69 Å². The lowest BCUT2D eigenvalue weighted by Gasteiger charge is -2.37. The lowest BCUT2D eigenvalue weighted by molar-refractivity contribution is -0.146. The van der Waals surface area contributed by atoms with Crippen molar-refractivity contribution in [3.8, 4) is 17.2 Å². The molecule has 0 unspecified atom stereocenters. The summed E-state index contributed by atoms with van der Waals surface area (Å²) in [5, 5.41) is 11.4. The second-order valence-electron chi connectivity index (χ2n) is 12.5. The van der Waals surface area contributed by atoms with Crippen LogP contribution in [-0.4, -0.2) is 50.6 Å². The summed E-state index contributed by atoms with van der Waals surface area (Å²) >= 11 is 0. The topological polar surface area (TPSA) is 90.2 Å². The molecule has 0 radical (unpaired) electrons. The van der Waals surface area contributed by atoms with Gasteiger partial charge in [0.25, 0.3) is 11.5 Å². The van der Waals surface area contributed by atoms with Crippen molar-refractivity contribution in [3.63, 3.8) is 0 Å². The van der Waals surface area contributed by atoms with Gasteiger partial charge in [-0.25, -0.2) is 0 Å². The fourth-order valence-electron chi connectivity index (χ4n) is 7.60. The SMILES string of the molecule is COc1ccc([Si](C)(C)[C@H]2[C@H](CCO)O[C@@]3(C(=O)N(Cc4ccccc4)c4ccc(-n5cccc(OC)c5=O)cc43)[C@@H]2C)cc1. The molecule has 6 rings (SSSR count). The first-order valence-electron chi connectivity index (χ1n) is 15.4. The quantitative estimate of drug-likeness (QED) is 0.264. The van der Waals surface area contributed by atoms with Crippen molar-refractivity contribution in [1.82, 2.24) is 4.57 Å². The fourth-order valence-corrected chi connectivity index (χ4v) is 11.7. The zero-order chi connectivity index (χ0) is 31.9. The number of amides is 1. The van der Waals surface area contributed by atoms with E-state index in [9.17, 15) is 14.7 Å². The molecular formula is C36H40N2O6Si. The zero-order valence-corrected chi connectivity index (χ0v) is 27.4. The average molecular weight is 625 g/mol. The molecule has 1 N–H and O–H groups in total. The van der Waals surface area contributed by atoms with Crippen molar-refractivity contribution < 1.29 is 24.1 Å². The van der Waals surface area contributed by atoms with E-state index in [2.05, 4.69) is 32.2 Å². The highest BCUT2D eigenvalue weighted by Crippen LogP contribution is 2.60. The van der Waals surface area contributed by atoms with Gasteiger partial charge in [-0.1, -0.05) is 67.7 Å². The van der Waals surface area contributed by atoms with Gasteiger partial charge in [-0.05, 0) is 60.0 Å². The van der Waals surface area contributed by atoms with E-state index in [4.69, 9.17) is 14.2 Å². The molecule has 1 spiro atoms. The number of pyridine rings is 1. The minimum atomic E-state index is -2.32. The lowest BCUT2D eigenvalue weighted by atomic mass is 9.82. The van der Waals surface area contributed by atoms with E-state index >= 15 is 0 Å². The molecule has 4 aromatic rings. The van der Waals surface area contributed by atoms with E-state index in [1.807, 2.05) is 65.6 Å². The molecule has 2 aliphatic heterocycles. The standard InChI is InChI=1S/C36H40N2O6Si/c1-24-33(45(4,5)28-16-14-27(42-2)15-17-28)31(19-21-39)44-36(24)29-22-26(37-20-9-12-32(43-3)34(37)40)13-18-30(29)38(35(36)41)23-25-10-7-6-8-11-25/h6-18,20,22,24,31,33,39H,19,21,23H2,1-5H3/t24-,31+,33-,36+/m1/s1. The van der Waals surface area contributed by atoms with Gasteiger partial charge in [0.1, 0.15) is 5.75 Å². The molecule has 4 atom stereocenters. The highest BCUT2D eigenvalue weighted by molar-refractivity contribution is 6.91. The van der Waals surface area contributed by atoms with Gasteiger partial charge in [0.2, 0.25) is 0 Å². The Morgan fingerprint density at radius 2 is 1.67 bits per heavy atom. The molecule has 234 valence electrons. The summed E-state index contributed by atoms with van der Waals surface area (Å²) in [4.78, 5) is 30.0. The van der Waals surface area contributed by atoms with Crippen LogP contribution in [0.1, 0.15) is 24.5 Å². The molecule has 8 nitrogen and oxygen atoms in total. The van der Waals surface area contributed by atoms with Crippen molar-refractivity contribution in [2.45, 2.75) is 50.2 Å². The van der Waals surface area contributed by atoms with Gasteiger partial charge in [-0.3, -0.25) is 14.2 Å². The fraction of sp³-hybridized carbons (Fsp3) is 0.333. The summed E-state index contributed by atoms with van der Waals surface area (Å²) in [6.45, 7) is 7.09. The third-order valence-electron chi connectivity index (χ3n) is 9.83. The van der Waals surface area contributed by atoms with Crippen LogP contribution in [0.5, 0.6) is 11.5 Å². The first-order chi connectivity index (χ1) is 21.7. The number of ether oxygens (including phenoxy) is 3. The molecule has 9 heteroatoms. The number of nitrogens with zero attached hydrogens (tertiary/aromatic N) is 2. The smallest absolute Gasteiger partial charge is 0.297 e. The molecule has 3 heterocycles. The maximum absolute atomic E-state index is 14.9. The number of benzene rings is 3. The van der Waals surface area contributed by atoms with Gasteiger partial charge in [0.05, 0.1) is 40.6 Å². The van der Waals surface area contributed by atoms with E-state index in [-0.39, 0.29) is 41.4 Å². The lowest BCUT2D eigenvalue weighted by Crippen LogP contribution is -2.51. The zero-order valence-electron chi connectivity index (χ0n) is 26.4. The number of aromatic nitrogens is 1. The second kappa shape index (κ2) is 12.0. The maximum Gasteiger partial charge on any atom is 0.297 e. The summed E-state index contributed by atoms with van der Waals surface area (Å²) in [5.41, 5.74) is 1.57. The molecule has 1 saturated heterocycles. The van der Waals surface area contributed by atoms with Gasteiger partial charge in [-0.15, -0.1) is 0 Å². The number of hydrogen-bond donors (Lipinski definition) is 1. The van der Waals surface area contributed by atoms with E-state index < -0.39 is 13.7 Å². The second-order valence-corrected chi connectivity index (χ2v) is 17.2. The number of fused-ring (bicyclic) bond motifs is 2. The van der Waals surface area contributed by atoms with Crippen LogP contribution in [0, 0.1) is 5.92 Å². The maximum atomic E-state index is 14.9. The molecule has 0 saturated carbocycles. The number of aliphatic hydroxyl groups excluding tert-OH is 1. The molecule has 2 aliphatic rings. The van der Waals surface area contributed by atoms with E-state index in [0.717, 1.165) is 22.6 Å². The van der Waals surface area contributed by atoms with Gasteiger partial charge in [-0.2, -0.15) is 0 Å². The number of rotatable bonds is 9. The Morgan fingerprint density at radius 1 is 0.933 bits per heavy atom. The van der Waals surface area contributed by atoms with Crippen LogP contribution >= 0.6 is 0 Å². The number of anilines is 1. The first kappa shape index (κ1) is 30.8. The number of carbonyl (C=O) groups is 1. The van der Waals surface area contributed by atoms with E-state index in [1.165, 1.54) is 16.9 Å². The van der Waals surface area contributed by atoms with Gasteiger partial charge in [0, 0.05) is 30.0 Å². The minimum Gasteiger partial charge on any atom is -0.497 e. The van der Waals surface area contributed by atoms with Crippen LogP contribution < -0.4 is 25.1 Å². The normalized spacial score (nSPS) is 22.6. The largest absolute Gasteiger partial charge is 0.497 e. The Labute approximate surface area is 264 Å². The molecule has 1 amide bonds. The highest BCUT2D eigenvalue weighted by atomic mass is 28.3. The Hall–Kier alpha value is -4.18. The number of methoxy groups -OCH3 is 2. The molecule has 3 aromatic carbocycles. The summed E-state index contributed by atoms with van der Waals surface area (Å²) in [7, 11) is 0.812. The van der Waals surface area contributed by atoms with Crippen LogP contribution in [0.3, 0.4) is 0 Å². The van der Waals surface area contributed by atoms with Gasteiger partial charge >= 0.3 is 0 Å². The number of hydrogen-bond acceptors (Lipinski definition) is 6. The Bertz CT molecular complexity index is 1760. The Kier molecular flexibility index (Phi) is 8.19. The summed E-state index contributed by atoms with van der Waals surface area (Å²) in [6, 6.07) is 27.2. The van der Waals surface area contributed by atoms with Crippen LogP contribution in [0.2, 0.25) is 18.6 Å². The summed E-state index contributed by atoms with van der Waals surface area (Å²) < 4.78 is 19.3. The van der Waals surface area contributed by atoms with Gasteiger partial charge < -0.3 is 24.2 Å². The van der Waals surface area contributed by atoms with Crippen LogP contribution in [0.25, 0.3) is 5.69 Å². The van der Waals surface area contributed by atoms with Crippen molar-refractivity contribution in [1.29, 1.82) is 0 Å². The number of carbonyl (C=O) groups excluding carboxylic acids is 1. The Balaban J connectivity index is 1.52. The highest BCUT2D eigenvalue weighted by Gasteiger charge is 2.66. The average Bonchev–Trinajstić information content (AvgIpc) is 3.48. The number of aliphatic hydroxyl groups is 1.